The molecule has 1 aromatic carbocycles. The van der Waals surface area contributed by atoms with Gasteiger partial charge < -0.3 is 15.1 Å². The second kappa shape index (κ2) is 6.64. The standard InChI is InChI=1S/C17H22N4O/c1-3-18-17(21-14-8-9-14)19-10-15-11-22-16(20-15)13-6-4-12(2)5-7-13/h4-7,11,14H,3,8-10H2,1-2H3,(H2,18,19,21). The third-order valence-corrected chi connectivity index (χ3v) is 3.51. The smallest absolute Gasteiger partial charge is 0.226 e. The second-order valence-electron chi connectivity index (χ2n) is 5.62. The van der Waals surface area contributed by atoms with Crippen LogP contribution in [0.3, 0.4) is 0 Å². The minimum Gasteiger partial charge on any atom is -0.444 e. The van der Waals surface area contributed by atoms with Gasteiger partial charge in [0.15, 0.2) is 5.96 Å². The van der Waals surface area contributed by atoms with Gasteiger partial charge in [0.1, 0.15) is 12.0 Å². The first kappa shape index (κ1) is 14.6. The maximum absolute atomic E-state index is 5.56. The Hall–Kier alpha value is -2.30. The van der Waals surface area contributed by atoms with Crippen molar-refractivity contribution in [2.75, 3.05) is 6.54 Å². The van der Waals surface area contributed by atoms with Gasteiger partial charge in [-0.1, -0.05) is 17.7 Å². The van der Waals surface area contributed by atoms with E-state index in [1.165, 1.54) is 18.4 Å². The van der Waals surface area contributed by atoms with Crippen LogP contribution >= 0.6 is 0 Å². The zero-order chi connectivity index (χ0) is 15.4. The Morgan fingerprint density at radius 3 is 2.77 bits per heavy atom. The molecule has 0 radical (unpaired) electrons. The predicted octanol–water partition coefficient (Wildman–Crippen LogP) is 2.87. The van der Waals surface area contributed by atoms with E-state index in [-0.39, 0.29) is 0 Å². The normalized spacial score (nSPS) is 14.9. The number of hydrogen-bond acceptors (Lipinski definition) is 3. The molecule has 2 N–H and O–H groups in total. The van der Waals surface area contributed by atoms with E-state index in [4.69, 9.17) is 4.42 Å². The molecule has 0 aliphatic heterocycles. The number of nitrogens with zero attached hydrogens (tertiary/aromatic N) is 2. The van der Waals surface area contributed by atoms with Crippen molar-refractivity contribution in [1.29, 1.82) is 0 Å². The molecular weight excluding hydrogens is 276 g/mol. The van der Waals surface area contributed by atoms with Crippen LogP contribution < -0.4 is 10.6 Å². The summed E-state index contributed by atoms with van der Waals surface area (Å²) in [6.07, 6.45) is 4.14. The first-order valence-corrected chi connectivity index (χ1v) is 7.81. The fraction of sp³-hybridized carbons (Fsp3) is 0.412. The molecule has 1 aliphatic rings. The maximum Gasteiger partial charge on any atom is 0.226 e. The lowest BCUT2D eigenvalue weighted by atomic mass is 10.1. The van der Waals surface area contributed by atoms with Gasteiger partial charge in [-0.3, -0.25) is 0 Å². The van der Waals surface area contributed by atoms with Crippen molar-refractivity contribution in [3.8, 4) is 11.5 Å². The molecular formula is C17H22N4O. The summed E-state index contributed by atoms with van der Waals surface area (Å²) in [5.41, 5.74) is 3.05. The molecule has 0 saturated heterocycles. The van der Waals surface area contributed by atoms with E-state index in [0.29, 0.717) is 18.5 Å². The van der Waals surface area contributed by atoms with Crippen LogP contribution in [0.4, 0.5) is 0 Å². The first-order valence-electron chi connectivity index (χ1n) is 7.81. The fourth-order valence-corrected chi connectivity index (χ4v) is 2.11. The summed E-state index contributed by atoms with van der Waals surface area (Å²) in [6, 6.07) is 8.73. The number of benzene rings is 1. The molecule has 3 rings (SSSR count). The zero-order valence-corrected chi connectivity index (χ0v) is 13.1. The van der Waals surface area contributed by atoms with Gasteiger partial charge in [-0.05, 0) is 38.8 Å². The number of hydrogen-bond donors (Lipinski definition) is 2. The van der Waals surface area contributed by atoms with Gasteiger partial charge in [-0.2, -0.15) is 0 Å². The summed E-state index contributed by atoms with van der Waals surface area (Å²) >= 11 is 0. The van der Waals surface area contributed by atoms with Crippen molar-refractivity contribution >= 4 is 5.96 Å². The number of guanidine groups is 1. The minimum atomic E-state index is 0.511. The fourth-order valence-electron chi connectivity index (χ4n) is 2.11. The zero-order valence-electron chi connectivity index (χ0n) is 13.1. The topological polar surface area (TPSA) is 62.5 Å². The lowest BCUT2D eigenvalue weighted by molar-refractivity contribution is 0.572. The number of nitrogens with one attached hydrogen (secondary N) is 2. The van der Waals surface area contributed by atoms with E-state index in [1.807, 2.05) is 12.1 Å². The molecule has 1 fully saturated rings. The molecule has 1 saturated carbocycles. The third kappa shape index (κ3) is 3.87. The molecule has 0 atom stereocenters. The van der Waals surface area contributed by atoms with E-state index in [0.717, 1.165) is 23.8 Å². The summed E-state index contributed by atoms with van der Waals surface area (Å²) < 4.78 is 5.56. The molecule has 5 nitrogen and oxygen atoms in total. The van der Waals surface area contributed by atoms with Gasteiger partial charge in [-0.25, -0.2) is 9.98 Å². The highest BCUT2D eigenvalue weighted by Crippen LogP contribution is 2.20. The minimum absolute atomic E-state index is 0.511. The predicted molar refractivity (Wildman–Crippen MR) is 87.6 cm³/mol. The monoisotopic (exact) mass is 298 g/mol. The Morgan fingerprint density at radius 2 is 2.09 bits per heavy atom. The highest BCUT2D eigenvalue weighted by Gasteiger charge is 2.22. The highest BCUT2D eigenvalue weighted by atomic mass is 16.3. The second-order valence-corrected chi connectivity index (χ2v) is 5.62. The average molecular weight is 298 g/mol. The Labute approximate surface area is 130 Å². The molecule has 1 heterocycles. The van der Waals surface area contributed by atoms with Crippen LogP contribution in [0.2, 0.25) is 0 Å². The Kier molecular flexibility index (Phi) is 4.42. The summed E-state index contributed by atoms with van der Waals surface area (Å²) in [7, 11) is 0. The highest BCUT2D eigenvalue weighted by molar-refractivity contribution is 5.80. The molecule has 1 aliphatic carbocycles. The van der Waals surface area contributed by atoms with Gasteiger partial charge in [0.2, 0.25) is 5.89 Å². The Morgan fingerprint density at radius 1 is 1.32 bits per heavy atom. The summed E-state index contributed by atoms with van der Waals surface area (Å²) in [5.74, 6) is 1.50. The van der Waals surface area contributed by atoms with Crippen LogP contribution in [-0.4, -0.2) is 23.5 Å². The molecule has 116 valence electrons. The van der Waals surface area contributed by atoms with Crippen LogP contribution in [0, 0.1) is 6.92 Å². The number of aryl methyl sites for hydroxylation is 1. The van der Waals surface area contributed by atoms with Crippen molar-refractivity contribution in [1.82, 2.24) is 15.6 Å². The van der Waals surface area contributed by atoms with E-state index >= 15 is 0 Å². The quantitative estimate of drug-likeness (QED) is 0.658. The van der Waals surface area contributed by atoms with Crippen LogP contribution in [0.1, 0.15) is 31.0 Å². The molecule has 5 heteroatoms. The Balaban J connectivity index is 1.66. The lowest BCUT2D eigenvalue weighted by Gasteiger charge is -2.09. The van der Waals surface area contributed by atoms with Crippen molar-refractivity contribution in [2.24, 2.45) is 4.99 Å². The molecule has 0 amide bonds. The number of aromatic nitrogens is 1. The molecule has 0 bridgehead atoms. The van der Waals surface area contributed by atoms with Gasteiger partial charge in [0.05, 0.1) is 6.54 Å². The SMILES string of the molecule is CCNC(=NCc1coc(-c2ccc(C)cc2)n1)NC1CC1. The van der Waals surface area contributed by atoms with E-state index in [1.54, 1.807) is 6.26 Å². The molecule has 22 heavy (non-hydrogen) atoms. The van der Waals surface area contributed by atoms with Crippen molar-refractivity contribution in [2.45, 2.75) is 39.3 Å². The summed E-state index contributed by atoms with van der Waals surface area (Å²) in [6.45, 7) is 5.49. The average Bonchev–Trinajstić information content (AvgIpc) is 3.21. The van der Waals surface area contributed by atoms with Crippen molar-refractivity contribution < 1.29 is 4.42 Å². The molecule has 2 aromatic rings. The van der Waals surface area contributed by atoms with Gasteiger partial charge in [0, 0.05) is 18.2 Å². The maximum atomic E-state index is 5.56. The van der Waals surface area contributed by atoms with Crippen LogP contribution in [0.15, 0.2) is 39.9 Å². The third-order valence-electron chi connectivity index (χ3n) is 3.51. The van der Waals surface area contributed by atoms with E-state index in [9.17, 15) is 0 Å². The van der Waals surface area contributed by atoms with Gasteiger partial charge in [0.25, 0.3) is 0 Å². The lowest BCUT2D eigenvalue weighted by Crippen LogP contribution is -2.38. The van der Waals surface area contributed by atoms with Crippen LogP contribution in [0.5, 0.6) is 0 Å². The number of rotatable bonds is 5. The molecule has 0 unspecified atom stereocenters. The largest absolute Gasteiger partial charge is 0.444 e. The van der Waals surface area contributed by atoms with Gasteiger partial charge in [-0.15, -0.1) is 0 Å². The van der Waals surface area contributed by atoms with Crippen LogP contribution in [0.25, 0.3) is 11.5 Å². The summed E-state index contributed by atoms with van der Waals surface area (Å²) in [5, 5.41) is 6.64. The van der Waals surface area contributed by atoms with E-state index < -0.39 is 0 Å². The summed E-state index contributed by atoms with van der Waals surface area (Å²) in [4.78, 5) is 9.06. The van der Waals surface area contributed by atoms with Crippen LogP contribution in [-0.2, 0) is 6.54 Å². The first-order chi connectivity index (χ1) is 10.7. The van der Waals surface area contributed by atoms with Gasteiger partial charge >= 0.3 is 0 Å². The number of oxazole rings is 1. The Bertz CT molecular complexity index is 641. The van der Waals surface area contributed by atoms with Crippen molar-refractivity contribution in [3.05, 3.63) is 41.8 Å². The number of aliphatic imine (C=N–C) groups is 1. The molecule has 1 aromatic heterocycles. The molecule has 0 spiro atoms. The van der Waals surface area contributed by atoms with Crippen molar-refractivity contribution in [3.63, 3.8) is 0 Å². The van der Waals surface area contributed by atoms with E-state index in [2.05, 4.69) is 46.6 Å².